The van der Waals surface area contributed by atoms with Crippen molar-refractivity contribution < 1.29 is 4.79 Å². The number of hydrogen-bond donors (Lipinski definition) is 0. The molecule has 0 aromatic heterocycles. The lowest BCUT2D eigenvalue weighted by molar-refractivity contribution is 0.0994. The van der Waals surface area contributed by atoms with Gasteiger partial charge in [-0.2, -0.15) is 0 Å². The summed E-state index contributed by atoms with van der Waals surface area (Å²) in [7, 11) is 0. The maximum absolute atomic E-state index is 12.2. The van der Waals surface area contributed by atoms with Gasteiger partial charge in [0.15, 0.2) is 5.78 Å². The first kappa shape index (κ1) is 11.6. The molecule has 0 radical (unpaired) electrons. The quantitative estimate of drug-likeness (QED) is 0.556. The molecule has 17 heavy (non-hydrogen) atoms. The Balaban J connectivity index is 2.41. The molecule has 0 saturated carbocycles. The first-order valence-electron chi connectivity index (χ1n) is 5.90. The molecule has 0 fully saturated rings. The highest BCUT2D eigenvalue weighted by Gasteiger charge is 2.10. The van der Waals surface area contributed by atoms with E-state index >= 15 is 0 Å². The van der Waals surface area contributed by atoms with Gasteiger partial charge >= 0.3 is 0 Å². The molecular weight excluding hydrogens is 208 g/mol. The third-order valence-corrected chi connectivity index (χ3v) is 3.00. The number of fused-ring (bicyclic) bond motifs is 1. The van der Waals surface area contributed by atoms with E-state index in [0.717, 1.165) is 28.3 Å². The standard InChI is InChI=1S/C16H16O/c1-3-12(2)11-16(17)15-10-6-8-13-7-4-5-9-14(13)15/h4-10H,2-3,11H2,1H3. The van der Waals surface area contributed by atoms with Crippen molar-refractivity contribution in [2.24, 2.45) is 0 Å². The molecule has 2 aromatic carbocycles. The Morgan fingerprint density at radius 3 is 2.59 bits per heavy atom. The van der Waals surface area contributed by atoms with Crippen LogP contribution in [0.2, 0.25) is 0 Å². The van der Waals surface area contributed by atoms with Crippen LogP contribution in [0.3, 0.4) is 0 Å². The summed E-state index contributed by atoms with van der Waals surface area (Å²) in [4.78, 5) is 12.2. The average Bonchev–Trinajstić information content (AvgIpc) is 2.37. The highest BCUT2D eigenvalue weighted by atomic mass is 16.1. The van der Waals surface area contributed by atoms with Gasteiger partial charge < -0.3 is 0 Å². The van der Waals surface area contributed by atoms with Crippen LogP contribution in [-0.2, 0) is 0 Å². The molecule has 0 aliphatic rings. The Kier molecular flexibility index (Phi) is 3.38. The Labute approximate surface area is 102 Å². The zero-order valence-electron chi connectivity index (χ0n) is 10.1. The first-order chi connectivity index (χ1) is 8.22. The van der Waals surface area contributed by atoms with E-state index < -0.39 is 0 Å². The summed E-state index contributed by atoms with van der Waals surface area (Å²) in [5.41, 5.74) is 1.79. The number of carbonyl (C=O) groups is 1. The van der Waals surface area contributed by atoms with Gasteiger partial charge in [0, 0.05) is 12.0 Å². The number of benzene rings is 2. The van der Waals surface area contributed by atoms with Crippen molar-refractivity contribution in [1.29, 1.82) is 0 Å². The summed E-state index contributed by atoms with van der Waals surface area (Å²) < 4.78 is 0. The van der Waals surface area contributed by atoms with Crippen molar-refractivity contribution in [3.05, 3.63) is 60.2 Å². The van der Waals surface area contributed by atoms with Gasteiger partial charge in [-0.15, -0.1) is 0 Å². The second-order valence-corrected chi connectivity index (χ2v) is 4.23. The number of allylic oxidation sites excluding steroid dienone is 1. The van der Waals surface area contributed by atoms with E-state index in [-0.39, 0.29) is 5.78 Å². The van der Waals surface area contributed by atoms with E-state index in [1.807, 2.05) is 49.4 Å². The van der Waals surface area contributed by atoms with Gasteiger partial charge in [-0.25, -0.2) is 0 Å². The topological polar surface area (TPSA) is 17.1 Å². The molecule has 0 aliphatic carbocycles. The van der Waals surface area contributed by atoms with Gasteiger partial charge in [0.25, 0.3) is 0 Å². The molecule has 0 aliphatic heterocycles. The van der Waals surface area contributed by atoms with Crippen molar-refractivity contribution in [3.8, 4) is 0 Å². The predicted molar refractivity (Wildman–Crippen MR) is 72.3 cm³/mol. The van der Waals surface area contributed by atoms with Crippen molar-refractivity contribution >= 4 is 16.6 Å². The minimum atomic E-state index is 0.161. The van der Waals surface area contributed by atoms with Crippen molar-refractivity contribution in [1.82, 2.24) is 0 Å². The Morgan fingerprint density at radius 2 is 1.82 bits per heavy atom. The maximum atomic E-state index is 12.2. The lowest BCUT2D eigenvalue weighted by Crippen LogP contribution is -2.01. The van der Waals surface area contributed by atoms with Crippen LogP contribution in [0.25, 0.3) is 10.8 Å². The second-order valence-electron chi connectivity index (χ2n) is 4.23. The van der Waals surface area contributed by atoms with Crippen LogP contribution in [0.5, 0.6) is 0 Å². The normalized spacial score (nSPS) is 10.4. The van der Waals surface area contributed by atoms with Crippen LogP contribution in [-0.4, -0.2) is 5.78 Å². The molecule has 2 rings (SSSR count). The third kappa shape index (κ3) is 2.44. The molecule has 0 unspecified atom stereocenters. The van der Waals surface area contributed by atoms with E-state index in [9.17, 15) is 4.79 Å². The van der Waals surface area contributed by atoms with Gasteiger partial charge in [-0.05, 0) is 17.2 Å². The fraction of sp³-hybridized carbons (Fsp3) is 0.188. The highest BCUT2D eigenvalue weighted by molar-refractivity contribution is 6.08. The summed E-state index contributed by atoms with van der Waals surface area (Å²) in [6.45, 7) is 5.92. The third-order valence-electron chi connectivity index (χ3n) is 3.00. The molecule has 1 heteroatoms. The second kappa shape index (κ2) is 4.96. The summed E-state index contributed by atoms with van der Waals surface area (Å²) in [6, 6.07) is 13.8. The minimum absolute atomic E-state index is 0.161. The largest absolute Gasteiger partial charge is 0.294 e. The minimum Gasteiger partial charge on any atom is -0.294 e. The van der Waals surface area contributed by atoms with Gasteiger partial charge in [0.05, 0.1) is 0 Å². The molecule has 0 saturated heterocycles. The molecule has 0 N–H and O–H groups in total. The Hall–Kier alpha value is -1.89. The number of ketones is 1. The maximum Gasteiger partial charge on any atom is 0.167 e. The van der Waals surface area contributed by atoms with Crippen molar-refractivity contribution in [3.63, 3.8) is 0 Å². The summed E-state index contributed by atoms with van der Waals surface area (Å²) in [5.74, 6) is 0.161. The average molecular weight is 224 g/mol. The lowest BCUT2D eigenvalue weighted by Gasteiger charge is -2.06. The number of Topliss-reactive ketones (excluding diaryl/α,β-unsaturated/α-hetero) is 1. The number of rotatable bonds is 4. The van der Waals surface area contributed by atoms with Gasteiger partial charge in [0.1, 0.15) is 0 Å². The van der Waals surface area contributed by atoms with Gasteiger partial charge in [0.2, 0.25) is 0 Å². The predicted octanol–water partition coefficient (Wildman–Crippen LogP) is 4.38. The zero-order valence-corrected chi connectivity index (χ0v) is 10.1. The summed E-state index contributed by atoms with van der Waals surface area (Å²) in [6.07, 6.45) is 1.31. The molecule has 0 atom stereocenters. The number of hydrogen-bond acceptors (Lipinski definition) is 1. The first-order valence-corrected chi connectivity index (χ1v) is 5.90. The van der Waals surface area contributed by atoms with Crippen LogP contribution in [0.1, 0.15) is 30.1 Å². The molecule has 2 aromatic rings. The molecule has 0 heterocycles. The fourth-order valence-corrected chi connectivity index (χ4v) is 1.92. The van der Waals surface area contributed by atoms with Crippen LogP contribution >= 0.6 is 0 Å². The fourth-order valence-electron chi connectivity index (χ4n) is 1.92. The highest BCUT2D eigenvalue weighted by Crippen LogP contribution is 2.21. The molecule has 0 spiro atoms. The zero-order chi connectivity index (χ0) is 12.3. The lowest BCUT2D eigenvalue weighted by atomic mass is 9.97. The van der Waals surface area contributed by atoms with E-state index in [1.165, 1.54) is 0 Å². The van der Waals surface area contributed by atoms with Gasteiger partial charge in [-0.3, -0.25) is 4.79 Å². The molecule has 0 amide bonds. The Morgan fingerprint density at radius 1 is 1.12 bits per heavy atom. The van der Waals surface area contributed by atoms with Crippen molar-refractivity contribution in [2.75, 3.05) is 0 Å². The monoisotopic (exact) mass is 224 g/mol. The van der Waals surface area contributed by atoms with Crippen LogP contribution in [0.4, 0.5) is 0 Å². The summed E-state index contributed by atoms with van der Waals surface area (Å²) in [5, 5.41) is 2.14. The van der Waals surface area contributed by atoms with Crippen LogP contribution < -0.4 is 0 Å². The van der Waals surface area contributed by atoms with Crippen LogP contribution in [0.15, 0.2) is 54.6 Å². The van der Waals surface area contributed by atoms with Crippen molar-refractivity contribution in [2.45, 2.75) is 19.8 Å². The SMILES string of the molecule is C=C(CC)CC(=O)c1cccc2ccccc12. The molecule has 86 valence electrons. The van der Waals surface area contributed by atoms with E-state index in [4.69, 9.17) is 0 Å². The van der Waals surface area contributed by atoms with Crippen LogP contribution in [0, 0.1) is 0 Å². The Bertz CT molecular complexity index is 561. The summed E-state index contributed by atoms with van der Waals surface area (Å²) >= 11 is 0. The van der Waals surface area contributed by atoms with E-state index in [2.05, 4.69) is 6.58 Å². The smallest absolute Gasteiger partial charge is 0.167 e. The van der Waals surface area contributed by atoms with E-state index in [1.54, 1.807) is 0 Å². The molecule has 1 nitrogen and oxygen atoms in total. The molecular formula is C16H16O. The molecule has 0 bridgehead atoms. The number of carbonyl (C=O) groups excluding carboxylic acids is 1. The van der Waals surface area contributed by atoms with E-state index in [0.29, 0.717) is 6.42 Å². The van der Waals surface area contributed by atoms with Gasteiger partial charge in [-0.1, -0.05) is 61.5 Å².